The van der Waals surface area contributed by atoms with Crippen LogP contribution in [0, 0.1) is 5.82 Å². The van der Waals surface area contributed by atoms with Crippen LogP contribution in [0.3, 0.4) is 0 Å². The van der Waals surface area contributed by atoms with Gasteiger partial charge in [0.2, 0.25) is 0 Å². The van der Waals surface area contributed by atoms with E-state index in [2.05, 4.69) is 15.0 Å². The Hall–Kier alpha value is -3.26. The van der Waals surface area contributed by atoms with Gasteiger partial charge in [0.05, 0.1) is 22.3 Å². The molecule has 0 fully saturated rings. The van der Waals surface area contributed by atoms with Gasteiger partial charge in [0, 0.05) is 11.9 Å². The first-order chi connectivity index (χ1) is 12.4. The van der Waals surface area contributed by atoms with E-state index in [-0.39, 0.29) is 16.1 Å². The third-order valence-electron chi connectivity index (χ3n) is 3.41. The molecule has 2 N–H and O–H groups in total. The SMILES string of the molecule is O=C(Nc1ccc(F)cc1)c1cncc(NS(=O)(=O)c2ccccc2)c1. The Morgan fingerprint density at radius 3 is 2.31 bits per heavy atom. The van der Waals surface area contributed by atoms with Crippen LogP contribution in [0.2, 0.25) is 0 Å². The molecule has 3 rings (SSSR count). The smallest absolute Gasteiger partial charge is 0.261 e. The van der Waals surface area contributed by atoms with Crippen LogP contribution < -0.4 is 10.0 Å². The maximum atomic E-state index is 12.9. The van der Waals surface area contributed by atoms with Crippen LogP contribution in [0.4, 0.5) is 15.8 Å². The van der Waals surface area contributed by atoms with Gasteiger partial charge in [0.25, 0.3) is 15.9 Å². The van der Waals surface area contributed by atoms with Crippen molar-refractivity contribution in [3.63, 3.8) is 0 Å². The lowest BCUT2D eigenvalue weighted by atomic mass is 10.2. The van der Waals surface area contributed by atoms with Crippen LogP contribution >= 0.6 is 0 Å². The van der Waals surface area contributed by atoms with Crippen LogP contribution in [0.1, 0.15) is 10.4 Å². The number of halogens is 1. The van der Waals surface area contributed by atoms with Gasteiger partial charge in [-0.1, -0.05) is 18.2 Å². The number of hydrogen-bond acceptors (Lipinski definition) is 4. The molecule has 0 atom stereocenters. The Bertz CT molecular complexity index is 1020. The molecule has 0 unspecified atom stereocenters. The summed E-state index contributed by atoms with van der Waals surface area (Å²) in [4.78, 5) is 16.3. The molecule has 1 heterocycles. The minimum absolute atomic E-state index is 0.0983. The number of carbonyl (C=O) groups is 1. The summed E-state index contributed by atoms with van der Waals surface area (Å²) in [5.41, 5.74) is 0.717. The molecule has 0 saturated carbocycles. The van der Waals surface area contributed by atoms with Crippen LogP contribution in [0.5, 0.6) is 0 Å². The lowest BCUT2D eigenvalue weighted by Gasteiger charge is -2.09. The summed E-state index contributed by atoms with van der Waals surface area (Å²) in [6.45, 7) is 0. The molecule has 1 aromatic heterocycles. The Kier molecular flexibility index (Phi) is 4.94. The number of pyridine rings is 1. The van der Waals surface area contributed by atoms with Gasteiger partial charge in [-0.2, -0.15) is 0 Å². The average molecular weight is 371 g/mol. The monoisotopic (exact) mass is 371 g/mol. The lowest BCUT2D eigenvalue weighted by Crippen LogP contribution is -2.15. The molecule has 0 aliphatic carbocycles. The molecule has 0 aliphatic rings. The number of aromatic nitrogens is 1. The van der Waals surface area contributed by atoms with E-state index in [0.717, 1.165) is 0 Å². The molecule has 8 heteroatoms. The van der Waals surface area contributed by atoms with Gasteiger partial charge >= 0.3 is 0 Å². The van der Waals surface area contributed by atoms with Gasteiger partial charge in [0.15, 0.2) is 0 Å². The van der Waals surface area contributed by atoms with Crippen molar-refractivity contribution < 1.29 is 17.6 Å². The van der Waals surface area contributed by atoms with Gasteiger partial charge in [0.1, 0.15) is 5.82 Å². The number of benzene rings is 2. The molecule has 0 aliphatic heterocycles. The average Bonchev–Trinajstić information content (AvgIpc) is 2.64. The summed E-state index contributed by atoms with van der Waals surface area (Å²) >= 11 is 0. The van der Waals surface area contributed by atoms with E-state index in [1.165, 1.54) is 54.9 Å². The number of hydrogen-bond donors (Lipinski definition) is 2. The first-order valence-corrected chi connectivity index (χ1v) is 9.02. The van der Waals surface area contributed by atoms with Gasteiger partial charge in [-0.25, -0.2) is 12.8 Å². The second-order valence-corrected chi connectivity index (χ2v) is 7.02. The van der Waals surface area contributed by atoms with Crippen molar-refractivity contribution in [2.45, 2.75) is 4.90 Å². The maximum Gasteiger partial charge on any atom is 0.261 e. The molecular weight excluding hydrogens is 357 g/mol. The third-order valence-corrected chi connectivity index (χ3v) is 4.81. The molecule has 26 heavy (non-hydrogen) atoms. The molecule has 3 aromatic rings. The summed E-state index contributed by atoms with van der Waals surface area (Å²) in [6, 6.07) is 14.5. The summed E-state index contributed by atoms with van der Waals surface area (Å²) in [5.74, 6) is -0.910. The van der Waals surface area contributed by atoms with Gasteiger partial charge < -0.3 is 5.32 Å². The highest BCUT2D eigenvalue weighted by atomic mass is 32.2. The standard InChI is InChI=1S/C18H14FN3O3S/c19-14-6-8-15(9-7-14)21-18(23)13-10-16(12-20-11-13)22-26(24,25)17-4-2-1-3-5-17/h1-12,22H,(H,21,23). The number of amides is 1. The van der Waals surface area contributed by atoms with Crippen molar-refractivity contribution in [1.29, 1.82) is 0 Å². The van der Waals surface area contributed by atoms with E-state index in [1.54, 1.807) is 18.2 Å². The largest absolute Gasteiger partial charge is 0.322 e. The minimum Gasteiger partial charge on any atom is -0.322 e. The molecule has 6 nitrogen and oxygen atoms in total. The van der Waals surface area contributed by atoms with E-state index >= 15 is 0 Å². The highest BCUT2D eigenvalue weighted by molar-refractivity contribution is 7.92. The van der Waals surface area contributed by atoms with Crippen LogP contribution in [-0.4, -0.2) is 19.3 Å². The van der Waals surface area contributed by atoms with Crippen LogP contribution in [0.15, 0.2) is 78.0 Å². The quantitative estimate of drug-likeness (QED) is 0.720. The predicted octanol–water partition coefficient (Wildman–Crippen LogP) is 3.27. The Balaban J connectivity index is 1.77. The number of nitrogens with one attached hydrogen (secondary N) is 2. The van der Waals surface area contributed by atoms with Crippen LogP contribution in [0.25, 0.3) is 0 Å². The van der Waals surface area contributed by atoms with Gasteiger partial charge in [-0.05, 0) is 42.5 Å². The molecule has 132 valence electrons. The summed E-state index contributed by atoms with van der Waals surface area (Å²) in [7, 11) is -3.78. The predicted molar refractivity (Wildman–Crippen MR) is 95.8 cm³/mol. The van der Waals surface area contributed by atoms with Gasteiger partial charge in [-0.3, -0.25) is 14.5 Å². The first-order valence-electron chi connectivity index (χ1n) is 7.54. The number of sulfonamides is 1. The maximum absolute atomic E-state index is 12.9. The summed E-state index contributed by atoms with van der Waals surface area (Å²) in [5, 5.41) is 2.58. The van der Waals surface area contributed by atoms with Gasteiger partial charge in [-0.15, -0.1) is 0 Å². The summed E-state index contributed by atoms with van der Waals surface area (Å²) < 4.78 is 40.0. The fraction of sp³-hybridized carbons (Fsp3) is 0. The summed E-state index contributed by atoms with van der Waals surface area (Å²) in [6.07, 6.45) is 2.61. The molecular formula is C18H14FN3O3S. The molecule has 1 amide bonds. The van der Waals surface area contributed by atoms with Crippen LogP contribution in [-0.2, 0) is 10.0 Å². The fourth-order valence-electron chi connectivity index (χ4n) is 2.17. The van der Waals surface area contributed by atoms with E-state index in [9.17, 15) is 17.6 Å². The van der Waals surface area contributed by atoms with Crippen molar-refractivity contribution in [2.75, 3.05) is 10.0 Å². The second-order valence-electron chi connectivity index (χ2n) is 5.34. The number of nitrogens with zero attached hydrogens (tertiary/aromatic N) is 1. The van der Waals surface area contributed by atoms with E-state index in [0.29, 0.717) is 5.69 Å². The Morgan fingerprint density at radius 2 is 1.62 bits per heavy atom. The molecule has 2 aromatic carbocycles. The fourth-order valence-corrected chi connectivity index (χ4v) is 3.23. The highest BCUT2D eigenvalue weighted by Crippen LogP contribution is 2.17. The van der Waals surface area contributed by atoms with Crippen molar-refractivity contribution >= 4 is 27.3 Å². The molecule has 0 saturated heterocycles. The zero-order valence-corrected chi connectivity index (χ0v) is 14.2. The minimum atomic E-state index is -3.78. The number of rotatable bonds is 5. The first kappa shape index (κ1) is 17.6. The zero-order chi connectivity index (χ0) is 18.6. The van der Waals surface area contributed by atoms with E-state index < -0.39 is 21.7 Å². The number of anilines is 2. The Labute approximate surface area is 149 Å². The van der Waals surface area contributed by atoms with Crippen molar-refractivity contribution in [1.82, 2.24) is 4.98 Å². The zero-order valence-electron chi connectivity index (χ0n) is 13.4. The van der Waals surface area contributed by atoms with Crippen molar-refractivity contribution in [3.05, 3.63) is 84.4 Å². The lowest BCUT2D eigenvalue weighted by molar-refractivity contribution is 0.102. The molecule has 0 radical (unpaired) electrons. The van der Waals surface area contributed by atoms with Crippen molar-refractivity contribution in [3.8, 4) is 0 Å². The highest BCUT2D eigenvalue weighted by Gasteiger charge is 2.15. The topological polar surface area (TPSA) is 88.2 Å². The number of carbonyl (C=O) groups excluding carboxylic acids is 1. The van der Waals surface area contributed by atoms with Crippen molar-refractivity contribution in [2.24, 2.45) is 0 Å². The molecule has 0 spiro atoms. The van der Waals surface area contributed by atoms with E-state index in [1.807, 2.05) is 0 Å². The third kappa shape index (κ3) is 4.22. The Morgan fingerprint density at radius 1 is 0.923 bits per heavy atom. The normalized spacial score (nSPS) is 11.0. The second kappa shape index (κ2) is 7.32. The molecule has 0 bridgehead atoms. The van der Waals surface area contributed by atoms with E-state index in [4.69, 9.17) is 0 Å².